The average molecular weight is 273 g/mol. The summed E-state index contributed by atoms with van der Waals surface area (Å²) in [6.07, 6.45) is 0.592. The number of piperidine rings is 1. The maximum Gasteiger partial charge on any atom is 0.255 e. The van der Waals surface area contributed by atoms with Gasteiger partial charge in [0.2, 0.25) is 11.8 Å². The molecule has 2 heterocycles. The fourth-order valence-electron chi connectivity index (χ4n) is 2.96. The number of nitrogens with zero attached hydrogens (tertiary/aromatic N) is 1. The van der Waals surface area contributed by atoms with Gasteiger partial charge in [-0.05, 0) is 18.1 Å². The zero-order valence-corrected chi connectivity index (χ0v) is 10.8. The number of nitrogens with two attached hydrogens (primary N) is 1. The Bertz CT molecular complexity index is 599. The molecule has 0 saturated carbocycles. The monoisotopic (exact) mass is 273 g/mol. The number of imide groups is 1. The summed E-state index contributed by atoms with van der Waals surface area (Å²) in [4.78, 5) is 37.2. The van der Waals surface area contributed by atoms with Crippen molar-refractivity contribution in [2.45, 2.75) is 24.9 Å². The number of benzene rings is 1. The standard InChI is InChI=1S/C14H15N3O3/c15-7-11-8-3-1-2-4-9(8)14(20)17(11)10-5-6-12(18)16-13(10)19/h1-4,10-11H,5-7,15H2,(H,16,18,19). The zero-order chi connectivity index (χ0) is 14.3. The lowest BCUT2D eigenvalue weighted by atomic mass is 10.0. The number of hydrogen-bond acceptors (Lipinski definition) is 4. The minimum Gasteiger partial charge on any atom is -0.328 e. The van der Waals surface area contributed by atoms with Crippen molar-refractivity contribution in [3.8, 4) is 0 Å². The second-order valence-electron chi connectivity index (χ2n) is 5.02. The fraction of sp³-hybridized carbons (Fsp3) is 0.357. The molecule has 6 heteroatoms. The van der Waals surface area contributed by atoms with E-state index in [1.807, 2.05) is 12.1 Å². The summed E-state index contributed by atoms with van der Waals surface area (Å²) in [5, 5.41) is 2.29. The molecule has 1 fully saturated rings. The van der Waals surface area contributed by atoms with Crippen LogP contribution < -0.4 is 11.1 Å². The zero-order valence-electron chi connectivity index (χ0n) is 10.8. The van der Waals surface area contributed by atoms with Gasteiger partial charge in [-0.25, -0.2) is 0 Å². The highest BCUT2D eigenvalue weighted by molar-refractivity contribution is 6.05. The molecule has 3 N–H and O–H groups in total. The number of carbonyl (C=O) groups excluding carboxylic acids is 3. The van der Waals surface area contributed by atoms with Gasteiger partial charge >= 0.3 is 0 Å². The first-order valence-electron chi connectivity index (χ1n) is 6.59. The van der Waals surface area contributed by atoms with Crippen molar-refractivity contribution in [1.29, 1.82) is 0 Å². The molecule has 1 saturated heterocycles. The summed E-state index contributed by atoms with van der Waals surface area (Å²) in [5.41, 5.74) is 7.23. The van der Waals surface area contributed by atoms with Crippen LogP contribution >= 0.6 is 0 Å². The van der Waals surface area contributed by atoms with E-state index in [1.54, 1.807) is 12.1 Å². The van der Waals surface area contributed by atoms with Gasteiger partial charge in [-0.3, -0.25) is 19.7 Å². The predicted octanol–water partition coefficient (Wildman–Crippen LogP) is -0.0526. The number of fused-ring (bicyclic) bond motifs is 1. The summed E-state index contributed by atoms with van der Waals surface area (Å²) >= 11 is 0. The van der Waals surface area contributed by atoms with E-state index in [1.165, 1.54) is 4.90 Å². The second-order valence-corrected chi connectivity index (χ2v) is 5.02. The molecule has 0 bridgehead atoms. The third-order valence-electron chi connectivity index (χ3n) is 3.89. The molecule has 0 spiro atoms. The molecule has 20 heavy (non-hydrogen) atoms. The minimum atomic E-state index is -0.624. The Morgan fingerprint density at radius 2 is 2.00 bits per heavy atom. The molecule has 0 radical (unpaired) electrons. The Balaban J connectivity index is 1.97. The van der Waals surface area contributed by atoms with E-state index >= 15 is 0 Å². The normalized spacial score (nSPS) is 25.6. The highest BCUT2D eigenvalue weighted by Crippen LogP contribution is 2.35. The minimum absolute atomic E-state index is 0.189. The van der Waals surface area contributed by atoms with Gasteiger partial charge < -0.3 is 10.6 Å². The maximum atomic E-state index is 12.5. The summed E-state index contributed by atoms with van der Waals surface area (Å²) in [5.74, 6) is -0.897. The molecular weight excluding hydrogens is 258 g/mol. The quantitative estimate of drug-likeness (QED) is 0.739. The molecule has 2 atom stereocenters. The Labute approximate surface area is 115 Å². The van der Waals surface area contributed by atoms with E-state index in [0.29, 0.717) is 12.0 Å². The van der Waals surface area contributed by atoms with E-state index in [-0.39, 0.29) is 30.8 Å². The van der Waals surface area contributed by atoms with E-state index in [0.717, 1.165) is 5.56 Å². The molecule has 0 aliphatic carbocycles. The molecule has 2 aliphatic heterocycles. The Morgan fingerprint density at radius 1 is 1.25 bits per heavy atom. The molecule has 104 valence electrons. The van der Waals surface area contributed by atoms with Gasteiger partial charge in [0, 0.05) is 18.5 Å². The fourth-order valence-corrected chi connectivity index (χ4v) is 2.96. The Kier molecular flexibility index (Phi) is 3.02. The third-order valence-corrected chi connectivity index (χ3v) is 3.89. The topological polar surface area (TPSA) is 92.5 Å². The number of amides is 3. The van der Waals surface area contributed by atoms with Crippen LogP contribution in [0.15, 0.2) is 24.3 Å². The van der Waals surface area contributed by atoms with Gasteiger partial charge in [0.15, 0.2) is 0 Å². The SMILES string of the molecule is NCC1c2ccccc2C(=O)N1C1CCC(=O)NC1=O. The maximum absolute atomic E-state index is 12.5. The smallest absolute Gasteiger partial charge is 0.255 e. The van der Waals surface area contributed by atoms with Gasteiger partial charge in [0.25, 0.3) is 5.91 Å². The number of carbonyl (C=O) groups is 3. The lowest BCUT2D eigenvalue weighted by Gasteiger charge is -2.33. The number of hydrogen-bond donors (Lipinski definition) is 2. The van der Waals surface area contributed by atoms with Crippen LogP contribution in [0.5, 0.6) is 0 Å². The Morgan fingerprint density at radius 3 is 2.70 bits per heavy atom. The van der Waals surface area contributed by atoms with Crippen molar-refractivity contribution in [2.24, 2.45) is 5.73 Å². The summed E-state index contributed by atoms with van der Waals surface area (Å²) in [6, 6.07) is 6.31. The van der Waals surface area contributed by atoms with Gasteiger partial charge in [-0.15, -0.1) is 0 Å². The third kappa shape index (κ3) is 1.80. The number of rotatable bonds is 2. The molecule has 1 aromatic carbocycles. The summed E-state index contributed by atoms with van der Waals surface area (Å²) < 4.78 is 0. The van der Waals surface area contributed by atoms with E-state index in [2.05, 4.69) is 5.32 Å². The van der Waals surface area contributed by atoms with Crippen LogP contribution in [0, 0.1) is 0 Å². The van der Waals surface area contributed by atoms with Crippen LogP contribution in [0.2, 0.25) is 0 Å². The molecule has 3 amide bonds. The lowest BCUT2D eigenvalue weighted by Crippen LogP contribution is -2.54. The van der Waals surface area contributed by atoms with Crippen molar-refractivity contribution >= 4 is 17.7 Å². The number of nitrogens with one attached hydrogen (secondary N) is 1. The van der Waals surface area contributed by atoms with Crippen molar-refractivity contribution < 1.29 is 14.4 Å². The Hall–Kier alpha value is -2.21. The molecule has 0 aromatic heterocycles. The molecule has 3 rings (SSSR count). The van der Waals surface area contributed by atoms with Crippen molar-refractivity contribution in [1.82, 2.24) is 10.2 Å². The van der Waals surface area contributed by atoms with Crippen LogP contribution in [-0.2, 0) is 9.59 Å². The first kappa shape index (κ1) is 12.8. The van der Waals surface area contributed by atoms with E-state index in [9.17, 15) is 14.4 Å². The second kappa shape index (κ2) is 4.72. The van der Waals surface area contributed by atoms with Crippen molar-refractivity contribution in [2.75, 3.05) is 6.54 Å². The predicted molar refractivity (Wildman–Crippen MR) is 70.6 cm³/mol. The largest absolute Gasteiger partial charge is 0.328 e. The summed E-state index contributed by atoms with van der Waals surface area (Å²) in [6.45, 7) is 0.250. The summed E-state index contributed by atoms with van der Waals surface area (Å²) in [7, 11) is 0. The van der Waals surface area contributed by atoms with E-state index in [4.69, 9.17) is 5.73 Å². The van der Waals surface area contributed by atoms with Gasteiger partial charge in [0.05, 0.1) is 6.04 Å². The molecule has 6 nitrogen and oxygen atoms in total. The first-order chi connectivity index (χ1) is 9.63. The molecule has 2 aliphatic rings. The van der Waals surface area contributed by atoms with Crippen molar-refractivity contribution in [3.05, 3.63) is 35.4 Å². The van der Waals surface area contributed by atoms with Gasteiger partial charge in [-0.2, -0.15) is 0 Å². The van der Waals surface area contributed by atoms with Crippen LogP contribution in [-0.4, -0.2) is 35.2 Å². The first-order valence-corrected chi connectivity index (χ1v) is 6.59. The van der Waals surface area contributed by atoms with Crippen LogP contribution in [0.1, 0.15) is 34.8 Å². The van der Waals surface area contributed by atoms with Crippen LogP contribution in [0.3, 0.4) is 0 Å². The molecule has 1 aromatic rings. The highest BCUT2D eigenvalue weighted by atomic mass is 16.2. The van der Waals surface area contributed by atoms with Gasteiger partial charge in [-0.1, -0.05) is 18.2 Å². The highest BCUT2D eigenvalue weighted by Gasteiger charge is 2.43. The average Bonchev–Trinajstić information content (AvgIpc) is 2.72. The van der Waals surface area contributed by atoms with E-state index < -0.39 is 11.9 Å². The van der Waals surface area contributed by atoms with Crippen LogP contribution in [0.4, 0.5) is 0 Å². The lowest BCUT2D eigenvalue weighted by molar-refractivity contribution is -0.137. The molecular formula is C14H15N3O3. The van der Waals surface area contributed by atoms with Gasteiger partial charge in [0.1, 0.15) is 6.04 Å². The van der Waals surface area contributed by atoms with Crippen molar-refractivity contribution in [3.63, 3.8) is 0 Å². The molecule has 2 unspecified atom stereocenters. The van der Waals surface area contributed by atoms with Crippen LogP contribution in [0.25, 0.3) is 0 Å².